The number of anilines is 1. The second kappa shape index (κ2) is 4.16. The summed E-state index contributed by atoms with van der Waals surface area (Å²) in [6.07, 6.45) is -4.57. The Bertz CT molecular complexity index is 750. The lowest BCUT2D eigenvalue weighted by atomic mass is 10.1. The molecule has 2 heterocycles. The first kappa shape index (κ1) is 12.8. The van der Waals surface area contributed by atoms with Crippen molar-refractivity contribution in [1.29, 1.82) is 0 Å². The Balaban J connectivity index is 2.41. The lowest BCUT2D eigenvalue weighted by Crippen LogP contribution is -2.22. The molecule has 1 aromatic carbocycles. The van der Waals surface area contributed by atoms with Crippen molar-refractivity contribution in [3.05, 3.63) is 34.1 Å². The molecule has 4 nitrogen and oxygen atoms in total. The standard InChI is InChI=1S/C13H11F3N2O2/c1-18-10-6-11-9(17-2-3-20-11)4-7(10)8(5-12(18)19)13(14,15)16/h4-6,17H,2-3H2,1H3. The van der Waals surface area contributed by atoms with Gasteiger partial charge in [0, 0.05) is 31.1 Å². The smallest absolute Gasteiger partial charge is 0.417 e. The molecule has 20 heavy (non-hydrogen) atoms. The summed E-state index contributed by atoms with van der Waals surface area (Å²) in [5.41, 5.74) is -0.917. The molecule has 0 aliphatic carbocycles. The van der Waals surface area contributed by atoms with Crippen LogP contribution in [0.4, 0.5) is 18.9 Å². The highest BCUT2D eigenvalue weighted by atomic mass is 19.4. The molecule has 0 radical (unpaired) electrons. The normalized spacial score (nSPS) is 14.6. The molecule has 2 aromatic rings. The molecule has 0 saturated heterocycles. The summed E-state index contributed by atoms with van der Waals surface area (Å²) in [6.45, 7) is 0.969. The van der Waals surface area contributed by atoms with Gasteiger partial charge in [-0.05, 0) is 6.07 Å². The summed E-state index contributed by atoms with van der Waals surface area (Å²) in [6, 6.07) is 3.47. The number of alkyl halides is 3. The molecule has 0 fully saturated rings. The van der Waals surface area contributed by atoms with Crippen LogP contribution in [0, 0.1) is 0 Å². The van der Waals surface area contributed by atoms with Crippen LogP contribution < -0.4 is 15.6 Å². The number of pyridine rings is 1. The number of halogens is 3. The monoisotopic (exact) mass is 284 g/mol. The van der Waals surface area contributed by atoms with Gasteiger partial charge < -0.3 is 14.6 Å². The van der Waals surface area contributed by atoms with Crippen LogP contribution >= 0.6 is 0 Å². The number of nitrogens with one attached hydrogen (secondary N) is 1. The summed E-state index contributed by atoms with van der Waals surface area (Å²) < 4.78 is 45.8. The maximum atomic E-state index is 13.1. The zero-order valence-electron chi connectivity index (χ0n) is 10.5. The van der Waals surface area contributed by atoms with Gasteiger partial charge in [-0.25, -0.2) is 0 Å². The third kappa shape index (κ3) is 1.90. The van der Waals surface area contributed by atoms with Crippen molar-refractivity contribution in [2.45, 2.75) is 6.18 Å². The highest BCUT2D eigenvalue weighted by molar-refractivity contribution is 5.89. The van der Waals surface area contributed by atoms with E-state index in [9.17, 15) is 18.0 Å². The SMILES string of the molecule is Cn1c(=O)cc(C(F)(F)F)c2cc3c(cc21)OCCN3. The molecule has 1 aromatic heterocycles. The zero-order valence-corrected chi connectivity index (χ0v) is 10.5. The fourth-order valence-electron chi connectivity index (χ4n) is 2.32. The van der Waals surface area contributed by atoms with E-state index in [-0.39, 0.29) is 10.9 Å². The summed E-state index contributed by atoms with van der Waals surface area (Å²) in [5, 5.41) is 2.97. The highest BCUT2D eigenvalue weighted by Gasteiger charge is 2.34. The van der Waals surface area contributed by atoms with Gasteiger partial charge in [-0.15, -0.1) is 0 Å². The number of aryl methyl sites for hydroxylation is 1. The minimum Gasteiger partial charge on any atom is -0.490 e. The highest BCUT2D eigenvalue weighted by Crippen LogP contribution is 2.38. The van der Waals surface area contributed by atoms with E-state index >= 15 is 0 Å². The molecule has 0 bridgehead atoms. The quantitative estimate of drug-likeness (QED) is 0.807. The first-order valence-electron chi connectivity index (χ1n) is 5.99. The topological polar surface area (TPSA) is 43.3 Å². The molecular weight excluding hydrogens is 273 g/mol. The van der Waals surface area contributed by atoms with Gasteiger partial charge in [-0.2, -0.15) is 13.2 Å². The fourth-order valence-corrected chi connectivity index (χ4v) is 2.32. The number of rotatable bonds is 0. The van der Waals surface area contributed by atoms with E-state index in [1.807, 2.05) is 0 Å². The van der Waals surface area contributed by atoms with Crippen LogP contribution in [0.3, 0.4) is 0 Å². The van der Waals surface area contributed by atoms with Gasteiger partial charge in [0.2, 0.25) is 0 Å². The zero-order chi connectivity index (χ0) is 14.5. The van der Waals surface area contributed by atoms with Gasteiger partial charge >= 0.3 is 6.18 Å². The molecule has 0 saturated carbocycles. The number of aromatic nitrogens is 1. The van der Waals surface area contributed by atoms with Crippen LogP contribution in [0.1, 0.15) is 5.56 Å². The molecule has 0 spiro atoms. The third-order valence-corrected chi connectivity index (χ3v) is 3.33. The molecule has 1 aliphatic rings. The van der Waals surface area contributed by atoms with Crippen molar-refractivity contribution >= 4 is 16.6 Å². The predicted molar refractivity (Wildman–Crippen MR) is 68.2 cm³/mol. The number of nitrogens with zero attached hydrogens (tertiary/aromatic N) is 1. The first-order chi connectivity index (χ1) is 9.38. The van der Waals surface area contributed by atoms with E-state index in [4.69, 9.17) is 4.74 Å². The van der Waals surface area contributed by atoms with E-state index in [2.05, 4.69) is 5.32 Å². The van der Waals surface area contributed by atoms with Crippen LogP contribution in [-0.2, 0) is 13.2 Å². The van der Waals surface area contributed by atoms with Gasteiger partial charge in [-0.1, -0.05) is 0 Å². The van der Waals surface area contributed by atoms with E-state index in [1.54, 1.807) is 0 Å². The number of hydrogen-bond donors (Lipinski definition) is 1. The summed E-state index contributed by atoms with van der Waals surface area (Å²) in [7, 11) is 1.44. The second-order valence-corrected chi connectivity index (χ2v) is 4.59. The Kier molecular flexibility index (Phi) is 2.67. The Hall–Kier alpha value is -2.18. The maximum Gasteiger partial charge on any atom is 0.417 e. The van der Waals surface area contributed by atoms with E-state index in [1.165, 1.54) is 23.7 Å². The van der Waals surface area contributed by atoms with Gasteiger partial charge in [0.25, 0.3) is 5.56 Å². The first-order valence-corrected chi connectivity index (χ1v) is 5.99. The number of fused-ring (bicyclic) bond motifs is 2. The minimum atomic E-state index is -4.57. The average Bonchev–Trinajstić information content (AvgIpc) is 2.40. The van der Waals surface area contributed by atoms with Crippen molar-refractivity contribution in [3.8, 4) is 5.75 Å². The van der Waals surface area contributed by atoms with Crippen LogP contribution in [0.5, 0.6) is 5.75 Å². The van der Waals surface area contributed by atoms with Crippen molar-refractivity contribution in [2.75, 3.05) is 18.5 Å². The molecule has 0 amide bonds. The molecule has 7 heteroatoms. The molecule has 1 aliphatic heterocycles. The van der Waals surface area contributed by atoms with Crippen molar-refractivity contribution in [3.63, 3.8) is 0 Å². The third-order valence-electron chi connectivity index (χ3n) is 3.33. The number of hydrogen-bond acceptors (Lipinski definition) is 3. The number of benzene rings is 1. The van der Waals surface area contributed by atoms with E-state index in [0.717, 1.165) is 0 Å². The largest absolute Gasteiger partial charge is 0.490 e. The Morgan fingerprint density at radius 2 is 2.05 bits per heavy atom. The molecule has 1 N–H and O–H groups in total. The maximum absolute atomic E-state index is 13.1. The van der Waals surface area contributed by atoms with Gasteiger partial charge in [-0.3, -0.25) is 4.79 Å². The minimum absolute atomic E-state index is 0.0173. The summed E-state index contributed by atoms with van der Waals surface area (Å²) in [4.78, 5) is 11.7. The Labute approximate surface area is 111 Å². The molecule has 0 atom stereocenters. The predicted octanol–water partition coefficient (Wildman–Crippen LogP) is 2.36. The van der Waals surface area contributed by atoms with Crippen LogP contribution in [0.2, 0.25) is 0 Å². The van der Waals surface area contributed by atoms with Gasteiger partial charge in [0.1, 0.15) is 12.4 Å². The fraction of sp³-hybridized carbons (Fsp3) is 0.308. The molecule has 106 valence electrons. The average molecular weight is 284 g/mol. The van der Waals surface area contributed by atoms with Crippen LogP contribution in [0.25, 0.3) is 10.9 Å². The molecule has 3 rings (SSSR count). The lowest BCUT2D eigenvalue weighted by molar-refractivity contribution is -0.136. The number of ether oxygens (including phenoxy) is 1. The Morgan fingerprint density at radius 1 is 1.30 bits per heavy atom. The van der Waals surface area contributed by atoms with Crippen molar-refractivity contribution < 1.29 is 17.9 Å². The van der Waals surface area contributed by atoms with Crippen molar-refractivity contribution in [2.24, 2.45) is 7.05 Å². The van der Waals surface area contributed by atoms with Gasteiger partial charge in [0.15, 0.2) is 0 Å². The van der Waals surface area contributed by atoms with Crippen LogP contribution in [0.15, 0.2) is 23.0 Å². The lowest BCUT2D eigenvalue weighted by Gasteiger charge is -2.21. The molecule has 0 unspecified atom stereocenters. The second-order valence-electron chi connectivity index (χ2n) is 4.59. The Morgan fingerprint density at radius 3 is 2.75 bits per heavy atom. The van der Waals surface area contributed by atoms with Gasteiger partial charge in [0.05, 0.1) is 16.8 Å². The van der Waals surface area contributed by atoms with Crippen LogP contribution in [-0.4, -0.2) is 17.7 Å². The molecular formula is C13H11F3N2O2. The summed E-state index contributed by atoms with van der Waals surface area (Å²) in [5.74, 6) is 0.457. The van der Waals surface area contributed by atoms with E-state index < -0.39 is 17.3 Å². The van der Waals surface area contributed by atoms with Crippen molar-refractivity contribution in [1.82, 2.24) is 4.57 Å². The van der Waals surface area contributed by atoms with E-state index in [0.29, 0.717) is 30.7 Å². The summed E-state index contributed by atoms with van der Waals surface area (Å²) >= 11 is 0.